The molecule has 0 nitrogen and oxygen atoms in total. The Hall–Kier alpha value is -2.08. The van der Waals surface area contributed by atoms with Gasteiger partial charge in [-0.2, -0.15) is 0 Å². The Kier molecular flexibility index (Phi) is 3.35. The highest BCUT2D eigenvalue weighted by atomic mass is 13.9. The summed E-state index contributed by atoms with van der Waals surface area (Å²) in [5.74, 6) is 0. The van der Waals surface area contributed by atoms with Crippen LogP contribution in [0.2, 0.25) is 0 Å². The SMILES string of the molecule is C=Cc1ccc(/C=C\c2ccccc2)cc1. The average Bonchev–Trinajstić information content (AvgIpc) is 2.38. The van der Waals surface area contributed by atoms with Gasteiger partial charge in [-0.1, -0.05) is 79.4 Å². The summed E-state index contributed by atoms with van der Waals surface area (Å²) in [6.45, 7) is 3.74. The van der Waals surface area contributed by atoms with Gasteiger partial charge in [0.05, 0.1) is 0 Å². The largest absolute Gasteiger partial charge is 0.0985 e. The topological polar surface area (TPSA) is 0 Å². The van der Waals surface area contributed by atoms with E-state index in [0.717, 1.165) is 5.56 Å². The predicted octanol–water partition coefficient (Wildman–Crippen LogP) is 4.50. The van der Waals surface area contributed by atoms with Gasteiger partial charge in [-0.15, -0.1) is 0 Å². The summed E-state index contributed by atoms with van der Waals surface area (Å²) >= 11 is 0. The molecular weight excluding hydrogens is 192 g/mol. The van der Waals surface area contributed by atoms with Crippen molar-refractivity contribution in [2.75, 3.05) is 0 Å². The summed E-state index contributed by atoms with van der Waals surface area (Å²) in [5, 5.41) is 0. The molecule has 0 heteroatoms. The molecule has 0 aliphatic heterocycles. The van der Waals surface area contributed by atoms with Gasteiger partial charge in [0.15, 0.2) is 0 Å². The minimum absolute atomic E-state index is 1.15. The third kappa shape index (κ3) is 2.71. The fourth-order valence-corrected chi connectivity index (χ4v) is 1.50. The van der Waals surface area contributed by atoms with Gasteiger partial charge < -0.3 is 0 Å². The molecule has 0 saturated carbocycles. The van der Waals surface area contributed by atoms with E-state index >= 15 is 0 Å². The van der Waals surface area contributed by atoms with Crippen LogP contribution in [-0.4, -0.2) is 0 Å². The number of hydrogen-bond acceptors (Lipinski definition) is 0. The Balaban J connectivity index is 2.14. The van der Waals surface area contributed by atoms with Gasteiger partial charge in [0, 0.05) is 0 Å². The van der Waals surface area contributed by atoms with E-state index in [2.05, 4.69) is 55.1 Å². The highest BCUT2D eigenvalue weighted by Crippen LogP contribution is 2.10. The molecule has 0 bridgehead atoms. The second-order valence-corrected chi connectivity index (χ2v) is 3.61. The molecule has 78 valence electrons. The van der Waals surface area contributed by atoms with Gasteiger partial charge in [0.2, 0.25) is 0 Å². The van der Waals surface area contributed by atoms with E-state index < -0.39 is 0 Å². The van der Waals surface area contributed by atoms with Gasteiger partial charge in [-0.05, 0) is 16.7 Å². The van der Waals surface area contributed by atoms with Crippen molar-refractivity contribution in [3.8, 4) is 0 Å². The summed E-state index contributed by atoms with van der Waals surface area (Å²) in [4.78, 5) is 0. The van der Waals surface area contributed by atoms with Crippen LogP contribution in [-0.2, 0) is 0 Å². The van der Waals surface area contributed by atoms with Crippen LogP contribution < -0.4 is 0 Å². The lowest BCUT2D eigenvalue weighted by Gasteiger charge is -1.95. The third-order valence-electron chi connectivity index (χ3n) is 2.44. The Labute approximate surface area is 96.6 Å². The normalized spacial score (nSPS) is 10.5. The number of rotatable bonds is 3. The first kappa shape index (κ1) is 10.4. The zero-order valence-corrected chi connectivity index (χ0v) is 9.14. The molecule has 0 atom stereocenters. The molecule has 2 rings (SSSR count). The molecule has 0 aliphatic carbocycles. The predicted molar refractivity (Wildman–Crippen MR) is 71.9 cm³/mol. The summed E-state index contributed by atoms with van der Waals surface area (Å²) in [6.07, 6.45) is 6.08. The van der Waals surface area contributed by atoms with E-state index in [-0.39, 0.29) is 0 Å². The minimum Gasteiger partial charge on any atom is -0.0985 e. The minimum atomic E-state index is 1.15. The van der Waals surface area contributed by atoms with Crippen molar-refractivity contribution in [2.45, 2.75) is 0 Å². The van der Waals surface area contributed by atoms with Crippen molar-refractivity contribution in [1.82, 2.24) is 0 Å². The zero-order valence-electron chi connectivity index (χ0n) is 9.14. The smallest absolute Gasteiger partial charge is 0.0256 e. The van der Waals surface area contributed by atoms with Crippen molar-refractivity contribution >= 4 is 18.2 Å². The second-order valence-electron chi connectivity index (χ2n) is 3.61. The molecule has 0 N–H and O–H groups in total. The number of benzene rings is 2. The van der Waals surface area contributed by atoms with Crippen LogP contribution in [0.3, 0.4) is 0 Å². The first-order chi connectivity index (χ1) is 7.88. The maximum Gasteiger partial charge on any atom is -0.0256 e. The molecule has 0 heterocycles. The molecule has 0 saturated heterocycles. The molecule has 0 spiro atoms. The lowest BCUT2D eigenvalue weighted by atomic mass is 10.1. The maximum absolute atomic E-state index is 3.74. The van der Waals surface area contributed by atoms with Crippen LogP contribution in [0, 0.1) is 0 Å². The van der Waals surface area contributed by atoms with Crippen LogP contribution in [0.5, 0.6) is 0 Å². The molecular formula is C16H14. The van der Waals surface area contributed by atoms with Crippen LogP contribution in [0.15, 0.2) is 61.2 Å². The van der Waals surface area contributed by atoms with Crippen molar-refractivity contribution < 1.29 is 0 Å². The van der Waals surface area contributed by atoms with E-state index in [1.54, 1.807) is 0 Å². The van der Waals surface area contributed by atoms with E-state index in [4.69, 9.17) is 0 Å². The van der Waals surface area contributed by atoms with Crippen molar-refractivity contribution in [3.05, 3.63) is 77.9 Å². The zero-order chi connectivity index (χ0) is 11.2. The molecule has 0 amide bonds. The lowest BCUT2D eigenvalue weighted by molar-refractivity contribution is 1.62. The van der Waals surface area contributed by atoms with Gasteiger partial charge in [0.1, 0.15) is 0 Å². The Morgan fingerprint density at radius 3 is 1.69 bits per heavy atom. The molecule has 0 unspecified atom stereocenters. The Morgan fingerprint density at radius 2 is 1.12 bits per heavy atom. The fraction of sp³-hybridized carbons (Fsp3) is 0. The fourth-order valence-electron chi connectivity index (χ4n) is 1.50. The second kappa shape index (κ2) is 5.13. The number of hydrogen-bond donors (Lipinski definition) is 0. The first-order valence-corrected chi connectivity index (χ1v) is 5.34. The third-order valence-corrected chi connectivity index (χ3v) is 2.44. The molecule has 0 fully saturated rings. The van der Waals surface area contributed by atoms with Crippen LogP contribution in [0.4, 0.5) is 0 Å². The molecule has 2 aromatic rings. The van der Waals surface area contributed by atoms with Gasteiger partial charge >= 0.3 is 0 Å². The maximum atomic E-state index is 3.74. The summed E-state index contributed by atoms with van der Waals surface area (Å²) in [6, 6.07) is 18.6. The van der Waals surface area contributed by atoms with Crippen LogP contribution >= 0.6 is 0 Å². The monoisotopic (exact) mass is 206 g/mol. The summed E-state index contributed by atoms with van der Waals surface area (Å²) in [5.41, 5.74) is 3.57. The Morgan fingerprint density at radius 1 is 0.625 bits per heavy atom. The van der Waals surface area contributed by atoms with Crippen molar-refractivity contribution in [3.63, 3.8) is 0 Å². The van der Waals surface area contributed by atoms with E-state index in [9.17, 15) is 0 Å². The first-order valence-electron chi connectivity index (χ1n) is 5.34. The van der Waals surface area contributed by atoms with E-state index in [1.165, 1.54) is 11.1 Å². The van der Waals surface area contributed by atoms with Gasteiger partial charge in [0.25, 0.3) is 0 Å². The van der Waals surface area contributed by atoms with E-state index in [0.29, 0.717) is 0 Å². The quantitative estimate of drug-likeness (QED) is 0.648. The van der Waals surface area contributed by atoms with Crippen LogP contribution in [0.25, 0.3) is 18.2 Å². The van der Waals surface area contributed by atoms with Gasteiger partial charge in [-0.3, -0.25) is 0 Å². The molecule has 0 aromatic heterocycles. The Bertz CT molecular complexity index is 475. The molecule has 2 aromatic carbocycles. The van der Waals surface area contributed by atoms with E-state index in [1.807, 2.05) is 24.3 Å². The highest BCUT2D eigenvalue weighted by Gasteiger charge is 1.88. The molecule has 0 radical (unpaired) electrons. The summed E-state index contributed by atoms with van der Waals surface area (Å²) in [7, 11) is 0. The molecule has 0 aliphatic rings. The highest BCUT2D eigenvalue weighted by molar-refractivity contribution is 5.70. The molecule has 16 heavy (non-hydrogen) atoms. The lowest BCUT2D eigenvalue weighted by Crippen LogP contribution is -1.74. The van der Waals surface area contributed by atoms with Crippen molar-refractivity contribution in [1.29, 1.82) is 0 Å². The van der Waals surface area contributed by atoms with Crippen LogP contribution in [0.1, 0.15) is 16.7 Å². The van der Waals surface area contributed by atoms with Gasteiger partial charge in [-0.25, -0.2) is 0 Å². The average molecular weight is 206 g/mol. The summed E-state index contributed by atoms with van der Waals surface area (Å²) < 4.78 is 0. The van der Waals surface area contributed by atoms with Crippen molar-refractivity contribution in [2.24, 2.45) is 0 Å². The standard InChI is InChI=1S/C16H14/c1-2-14-8-10-16(11-9-14)13-12-15-6-4-3-5-7-15/h2-13H,1H2/b13-12-.